The molecule has 0 amide bonds. The summed E-state index contributed by atoms with van der Waals surface area (Å²) in [6.45, 7) is 2.18. The maximum absolute atomic E-state index is 9.38. The van der Waals surface area contributed by atoms with Crippen molar-refractivity contribution in [3.05, 3.63) is 34.9 Å². The van der Waals surface area contributed by atoms with Crippen molar-refractivity contribution in [1.82, 2.24) is 5.32 Å². The smallest absolute Gasteiger partial charge is 0.115 e. The molecule has 1 aliphatic carbocycles. The number of rotatable bonds is 2. The SMILES string of the molecule is CNC(C)C1=Cc2ccc(O)cc2CC1. The molecule has 1 aromatic rings. The zero-order valence-corrected chi connectivity index (χ0v) is 9.25. The van der Waals surface area contributed by atoms with E-state index in [1.165, 1.54) is 16.7 Å². The van der Waals surface area contributed by atoms with Crippen LogP contribution in [0.2, 0.25) is 0 Å². The quantitative estimate of drug-likeness (QED) is 0.773. The van der Waals surface area contributed by atoms with Crippen LogP contribution in [0.25, 0.3) is 6.08 Å². The average Bonchev–Trinajstić information content (AvgIpc) is 2.27. The first kappa shape index (κ1) is 10.2. The maximum Gasteiger partial charge on any atom is 0.115 e. The third-order valence-corrected chi connectivity index (χ3v) is 3.14. The molecule has 0 bridgehead atoms. The first-order chi connectivity index (χ1) is 7.20. The predicted molar refractivity (Wildman–Crippen MR) is 62.9 cm³/mol. The molecule has 0 saturated heterocycles. The van der Waals surface area contributed by atoms with Gasteiger partial charge in [0.1, 0.15) is 5.75 Å². The highest BCUT2D eigenvalue weighted by atomic mass is 16.3. The molecule has 1 atom stereocenters. The Morgan fingerprint density at radius 2 is 2.13 bits per heavy atom. The number of phenols is 1. The van der Waals surface area contributed by atoms with Crippen LogP contribution in [0.1, 0.15) is 24.5 Å². The highest BCUT2D eigenvalue weighted by Gasteiger charge is 2.14. The summed E-state index contributed by atoms with van der Waals surface area (Å²) in [5.41, 5.74) is 3.94. The lowest BCUT2D eigenvalue weighted by atomic mass is 9.89. The second-order valence-electron chi connectivity index (χ2n) is 4.11. The van der Waals surface area contributed by atoms with Crippen LogP contribution in [-0.2, 0) is 6.42 Å². The first-order valence-electron chi connectivity index (χ1n) is 5.40. The molecule has 0 spiro atoms. The van der Waals surface area contributed by atoms with Crippen LogP contribution in [-0.4, -0.2) is 18.2 Å². The molecule has 0 radical (unpaired) electrons. The number of aryl methyl sites for hydroxylation is 1. The summed E-state index contributed by atoms with van der Waals surface area (Å²) < 4.78 is 0. The van der Waals surface area contributed by atoms with Gasteiger partial charge in [0.2, 0.25) is 0 Å². The maximum atomic E-state index is 9.38. The van der Waals surface area contributed by atoms with E-state index in [1.54, 1.807) is 6.07 Å². The van der Waals surface area contributed by atoms with Crippen molar-refractivity contribution in [1.29, 1.82) is 0 Å². The fraction of sp³-hybridized carbons (Fsp3) is 0.385. The van der Waals surface area contributed by atoms with Gasteiger partial charge in [-0.15, -0.1) is 0 Å². The Kier molecular flexibility index (Phi) is 2.78. The standard InChI is InChI=1S/C13H17NO/c1-9(14-2)10-3-4-12-8-13(15)6-5-11(12)7-10/h5-9,14-15H,3-4H2,1-2H3. The first-order valence-corrected chi connectivity index (χ1v) is 5.40. The van der Waals surface area contributed by atoms with Gasteiger partial charge in [-0.1, -0.05) is 17.7 Å². The molecule has 0 fully saturated rings. The molecule has 2 nitrogen and oxygen atoms in total. The Bertz CT molecular complexity index is 396. The fourth-order valence-corrected chi connectivity index (χ4v) is 2.03. The minimum absolute atomic E-state index is 0.368. The molecular formula is C13H17NO. The number of phenolic OH excluding ortho intramolecular Hbond substituents is 1. The van der Waals surface area contributed by atoms with Crippen molar-refractivity contribution in [3.63, 3.8) is 0 Å². The molecule has 80 valence electrons. The fourth-order valence-electron chi connectivity index (χ4n) is 2.03. The Hall–Kier alpha value is -1.28. The summed E-state index contributed by atoms with van der Waals surface area (Å²) in [6, 6.07) is 6.05. The van der Waals surface area contributed by atoms with Gasteiger partial charge in [-0.3, -0.25) is 0 Å². The van der Waals surface area contributed by atoms with Crippen molar-refractivity contribution in [2.75, 3.05) is 7.05 Å². The summed E-state index contributed by atoms with van der Waals surface area (Å²) in [5.74, 6) is 0.368. The number of likely N-dealkylation sites (N-methyl/N-ethyl adjacent to an activating group) is 1. The van der Waals surface area contributed by atoms with Crippen molar-refractivity contribution in [2.45, 2.75) is 25.8 Å². The van der Waals surface area contributed by atoms with Gasteiger partial charge in [0.25, 0.3) is 0 Å². The topological polar surface area (TPSA) is 32.3 Å². The molecule has 2 heteroatoms. The van der Waals surface area contributed by atoms with Gasteiger partial charge in [-0.25, -0.2) is 0 Å². The third-order valence-electron chi connectivity index (χ3n) is 3.14. The number of hydrogen-bond donors (Lipinski definition) is 2. The molecule has 0 aliphatic heterocycles. The van der Waals surface area contributed by atoms with E-state index in [9.17, 15) is 5.11 Å². The zero-order valence-electron chi connectivity index (χ0n) is 9.25. The Morgan fingerprint density at radius 3 is 2.87 bits per heavy atom. The van der Waals surface area contributed by atoms with Crippen molar-refractivity contribution in [3.8, 4) is 5.75 Å². The average molecular weight is 203 g/mol. The van der Waals surface area contributed by atoms with Gasteiger partial charge >= 0.3 is 0 Å². The number of aromatic hydroxyl groups is 1. The van der Waals surface area contributed by atoms with Crippen LogP contribution >= 0.6 is 0 Å². The van der Waals surface area contributed by atoms with E-state index in [0.717, 1.165) is 12.8 Å². The van der Waals surface area contributed by atoms with Crippen molar-refractivity contribution < 1.29 is 5.11 Å². The molecular weight excluding hydrogens is 186 g/mol. The van der Waals surface area contributed by atoms with E-state index < -0.39 is 0 Å². The highest BCUT2D eigenvalue weighted by Crippen LogP contribution is 2.28. The largest absolute Gasteiger partial charge is 0.508 e. The van der Waals surface area contributed by atoms with Gasteiger partial charge in [0, 0.05) is 6.04 Å². The van der Waals surface area contributed by atoms with Crippen LogP contribution in [0.5, 0.6) is 5.75 Å². The summed E-state index contributed by atoms with van der Waals surface area (Å²) >= 11 is 0. The van der Waals surface area contributed by atoms with Crippen LogP contribution in [0.15, 0.2) is 23.8 Å². The van der Waals surface area contributed by atoms with E-state index in [2.05, 4.69) is 18.3 Å². The summed E-state index contributed by atoms with van der Waals surface area (Å²) in [5, 5.41) is 12.6. The second-order valence-corrected chi connectivity index (χ2v) is 4.11. The number of benzene rings is 1. The van der Waals surface area contributed by atoms with Gasteiger partial charge in [0.05, 0.1) is 0 Å². The van der Waals surface area contributed by atoms with Crippen LogP contribution in [0, 0.1) is 0 Å². The Labute approximate surface area is 90.6 Å². The zero-order chi connectivity index (χ0) is 10.8. The molecule has 2 N–H and O–H groups in total. The van der Waals surface area contributed by atoms with Gasteiger partial charge < -0.3 is 10.4 Å². The minimum atomic E-state index is 0.368. The number of fused-ring (bicyclic) bond motifs is 1. The monoisotopic (exact) mass is 203 g/mol. The lowest BCUT2D eigenvalue weighted by Crippen LogP contribution is -2.24. The predicted octanol–water partition coefficient (Wildman–Crippen LogP) is 2.33. The van der Waals surface area contributed by atoms with E-state index in [-0.39, 0.29) is 0 Å². The summed E-state index contributed by atoms with van der Waals surface area (Å²) in [7, 11) is 1.98. The molecule has 1 unspecified atom stereocenters. The van der Waals surface area contributed by atoms with E-state index >= 15 is 0 Å². The lowest BCUT2D eigenvalue weighted by Gasteiger charge is -2.21. The minimum Gasteiger partial charge on any atom is -0.508 e. The third kappa shape index (κ3) is 2.05. The van der Waals surface area contributed by atoms with Gasteiger partial charge in [-0.05, 0) is 50.1 Å². The van der Waals surface area contributed by atoms with E-state index in [4.69, 9.17) is 0 Å². The normalized spacial score (nSPS) is 16.8. The van der Waals surface area contributed by atoms with Crippen LogP contribution in [0.3, 0.4) is 0 Å². The lowest BCUT2D eigenvalue weighted by molar-refractivity contribution is 0.474. The Morgan fingerprint density at radius 1 is 1.33 bits per heavy atom. The molecule has 0 heterocycles. The van der Waals surface area contributed by atoms with Crippen molar-refractivity contribution in [2.24, 2.45) is 0 Å². The molecule has 15 heavy (non-hydrogen) atoms. The molecule has 1 aromatic carbocycles. The highest BCUT2D eigenvalue weighted by molar-refractivity contribution is 5.61. The summed E-state index contributed by atoms with van der Waals surface area (Å²) in [6.07, 6.45) is 4.35. The van der Waals surface area contributed by atoms with Crippen LogP contribution in [0.4, 0.5) is 0 Å². The number of hydrogen-bond acceptors (Lipinski definition) is 2. The molecule has 0 saturated carbocycles. The van der Waals surface area contributed by atoms with Crippen molar-refractivity contribution >= 4 is 6.08 Å². The molecule has 1 aliphatic rings. The molecule has 2 rings (SSSR count). The second kappa shape index (κ2) is 4.07. The van der Waals surface area contributed by atoms with Gasteiger partial charge in [0.15, 0.2) is 0 Å². The molecule has 0 aromatic heterocycles. The van der Waals surface area contributed by atoms with E-state index in [1.807, 2.05) is 19.2 Å². The van der Waals surface area contributed by atoms with E-state index in [0.29, 0.717) is 11.8 Å². The van der Waals surface area contributed by atoms with Crippen LogP contribution < -0.4 is 5.32 Å². The number of nitrogens with one attached hydrogen (secondary N) is 1. The Balaban J connectivity index is 2.33. The summed E-state index contributed by atoms with van der Waals surface area (Å²) in [4.78, 5) is 0. The van der Waals surface area contributed by atoms with Gasteiger partial charge in [-0.2, -0.15) is 0 Å².